The van der Waals surface area contributed by atoms with E-state index in [1.807, 2.05) is 6.92 Å². The molecule has 2 aromatic rings. The molecule has 1 fully saturated rings. The first-order valence-corrected chi connectivity index (χ1v) is 12.3. The van der Waals surface area contributed by atoms with Crippen molar-refractivity contribution in [1.82, 2.24) is 10.2 Å². The van der Waals surface area contributed by atoms with Crippen molar-refractivity contribution in [1.29, 1.82) is 0 Å². The highest BCUT2D eigenvalue weighted by atomic mass is 35.5. The van der Waals surface area contributed by atoms with Gasteiger partial charge < -0.3 is 25.0 Å². The molecule has 0 bridgehead atoms. The fraction of sp³-hybridized carbons (Fsp3) is 0.423. The van der Waals surface area contributed by atoms with E-state index in [0.29, 0.717) is 53.4 Å². The number of nitrogens with one attached hydrogen (secondary N) is 2. The van der Waals surface area contributed by atoms with Crippen molar-refractivity contribution in [2.45, 2.75) is 50.9 Å². The Kier molecular flexibility index (Phi) is 7.93. The molecule has 0 radical (unpaired) electrons. The van der Waals surface area contributed by atoms with E-state index in [4.69, 9.17) is 21.1 Å². The molecule has 0 unspecified atom stereocenters. The molecule has 8 nitrogen and oxygen atoms in total. The molecule has 3 atom stereocenters. The van der Waals surface area contributed by atoms with Gasteiger partial charge in [0.25, 0.3) is 11.8 Å². The van der Waals surface area contributed by atoms with Crippen LogP contribution in [0.3, 0.4) is 0 Å². The van der Waals surface area contributed by atoms with Crippen molar-refractivity contribution in [3.8, 4) is 5.75 Å². The zero-order valence-corrected chi connectivity index (χ0v) is 20.6. The number of benzene rings is 2. The Bertz CT molecular complexity index is 1110. The van der Waals surface area contributed by atoms with E-state index in [2.05, 4.69) is 10.6 Å². The first-order valence-electron chi connectivity index (χ1n) is 11.9. The minimum atomic E-state index is -0.336. The summed E-state index contributed by atoms with van der Waals surface area (Å²) in [5.41, 5.74) is 1.27. The number of halogens is 1. The van der Waals surface area contributed by atoms with E-state index >= 15 is 0 Å². The molecule has 9 heteroatoms. The third kappa shape index (κ3) is 5.94. The first kappa shape index (κ1) is 25.0. The Labute approximate surface area is 209 Å². The number of hydrogen-bond donors (Lipinski definition) is 2. The van der Waals surface area contributed by atoms with Gasteiger partial charge in [-0.3, -0.25) is 14.4 Å². The summed E-state index contributed by atoms with van der Waals surface area (Å²) in [6.07, 6.45) is 2.03. The van der Waals surface area contributed by atoms with Gasteiger partial charge in [-0.05, 0) is 55.7 Å². The molecular formula is C26H30ClN3O5. The monoisotopic (exact) mass is 499 g/mol. The van der Waals surface area contributed by atoms with Gasteiger partial charge in [0.05, 0.1) is 24.1 Å². The predicted octanol–water partition coefficient (Wildman–Crippen LogP) is 3.89. The Morgan fingerprint density at radius 1 is 1.17 bits per heavy atom. The number of fused-ring (bicyclic) bond motifs is 2. The van der Waals surface area contributed by atoms with Crippen LogP contribution in [0.5, 0.6) is 5.75 Å². The molecule has 186 valence electrons. The number of hydrogen-bond acceptors (Lipinski definition) is 5. The number of ether oxygens (including phenoxy) is 2. The van der Waals surface area contributed by atoms with Crippen molar-refractivity contribution in [2.75, 3.05) is 25.5 Å². The van der Waals surface area contributed by atoms with Crippen LogP contribution in [-0.2, 0) is 9.53 Å². The molecule has 0 aromatic heterocycles. The van der Waals surface area contributed by atoms with Crippen LogP contribution in [0.2, 0.25) is 5.02 Å². The SMILES string of the molecule is CCCNC(=O)C[C@@H]1CC[C@H]2[C@H](COc3ccc(NC(=O)c4cccc(Cl)c4)cc3C(=O)N2C)O1. The van der Waals surface area contributed by atoms with Crippen LogP contribution in [0, 0.1) is 0 Å². The molecular weight excluding hydrogens is 470 g/mol. The average Bonchev–Trinajstić information content (AvgIpc) is 2.85. The van der Waals surface area contributed by atoms with E-state index in [9.17, 15) is 14.4 Å². The van der Waals surface area contributed by atoms with Gasteiger partial charge in [0.2, 0.25) is 5.91 Å². The zero-order chi connectivity index (χ0) is 24.9. The minimum absolute atomic E-state index is 0.0239. The number of rotatable bonds is 6. The lowest BCUT2D eigenvalue weighted by atomic mass is 9.94. The smallest absolute Gasteiger partial charge is 0.257 e. The van der Waals surface area contributed by atoms with Crippen LogP contribution in [0.15, 0.2) is 42.5 Å². The third-order valence-corrected chi connectivity index (χ3v) is 6.58. The van der Waals surface area contributed by atoms with Gasteiger partial charge in [-0.1, -0.05) is 24.6 Å². The van der Waals surface area contributed by atoms with Crippen LogP contribution in [0.25, 0.3) is 0 Å². The van der Waals surface area contributed by atoms with Crippen molar-refractivity contribution < 1.29 is 23.9 Å². The maximum atomic E-state index is 13.4. The first-order chi connectivity index (χ1) is 16.9. The van der Waals surface area contributed by atoms with Gasteiger partial charge in [0.15, 0.2) is 0 Å². The van der Waals surface area contributed by atoms with Gasteiger partial charge >= 0.3 is 0 Å². The fourth-order valence-corrected chi connectivity index (χ4v) is 4.67. The number of carbonyl (C=O) groups is 3. The largest absolute Gasteiger partial charge is 0.490 e. The molecule has 2 heterocycles. The molecule has 0 aliphatic carbocycles. The van der Waals surface area contributed by atoms with Gasteiger partial charge in [0.1, 0.15) is 18.5 Å². The summed E-state index contributed by atoms with van der Waals surface area (Å²) in [6.45, 7) is 2.92. The summed E-state index contributed by atoms with van der Waals surface area (Å²) >= 11 is 5.99. The maximum absolute atomic E-state index is 13.4. The van der Waals surface area contributed by atoms with Crippen LogP contribution < -0.4 is 15.4 Å². The second-order valence-electron chi connectivity index (χ2n) is 8.90. The summed E-state index contributed by atoms with van der Waals surface area (Å²) in [5.74, 6) is -0.136. The van der Waals surface area contributed by atoms with Crippen LogP contribution >= 0.6 is 11.6 Å². The molecule has 35 heavy (non-hydrogen) atoms. The highest BCUT2D eigenvalue weighted by molar-refractivity contribution is 6.31. The predicted molar refractivity (Wildman–Crippen MR) is 133 cm³/mol. The molecule has 2 aromatic carbocycles. The third-order valence-electron chi connectivity index (χ3n) is 6.34. The second kappa shape index (κ2) is 11.1. The van der Waals surface area contributed by atoms with E-state index < -0.39 is 0 Å². The van der Waals surface area contributed by atoms with Gasteiger partial charge in [-0.15, -0.1) is 0 Å². The number of nitrogens with zero attached hydrogens (tertiary/aromatic N) is 1. The molecule has 0 spiro atoms. The molecule has 2 aliphatic heterocycles. The summed E-state index contributed by atoms with van der Waals surface area (Å²) < 4.78 is 12.2. The normalized spacial score (nSPS) is 21.6. The molecule has 1 saturated heterocycles. The molecule has 3 amide bonds. The summed E-state index contributed by atoms with van der Waals surface area (Å²) in [7, 11) is 1.75. The van der Waals surface area contributed by atoms with E-state index in [1.165, 1.54) is 0 Å². The standard InChI is InChI=1S/C26H30ClN3O5/c1-3-11-28-24(31)14-19-8-9-21-23(35-19)15-34-22-10-7-18(13-20(22)26(33)30(21)2)29-25(32)16-5-4-6-17(27)12-16/h4-7,10,12-13,19,21,23H,3,8-9,11,14-15H2,1-2H3,(H,28,31)(H,29,32)/t19-,21-,23-/m0/s1. The van der Waals surface area contributed by atoms with Gasteiger partial charge in [-0.2, -0.15) is 0 Å². The summed E-state index contributed by atoms with van der Waals surface area (Å²) in [6, 6.07) is 11.5. The Hall–Kier alpha value is -3.10. The lowest BCUT2D eigenvalue weighted by molar-refractivity contribution is -0.134. The zero-order valence-electron chi connectivity index (χ0n) is 19.9. The molecule has 2 aliphatic rings. The number of amides is 3. The highest BCUT2D eigenvalue weighted by Gasteiger charge is 2.39. The minimum Gasteiger partial charge on any atom is -0.490 e. The molecule has 2 N–H and O–H groups in total. The topological polar surface area (TPSA) is 97.0 Å². The number of carbonyl (C=O) groups excluding carboxylic acids is 3. The van der Waals surface area contributed by atoms with Crippen molar-refractivity contribution in [2.24, 2.45) is 0 Å². The quantitative estimate of drug-likeness (QED) is 0.628. The van der Waals surface area contributed by atoms with Crippen LogP contribution in [0.1, 0.15) is 53.3 Å². The van der Waals surface area contributed by atoms with Gasteiger partial charge in [-0.25, -0.2) is 0 Å². The Morgan fingerprint density at radius 3 is 2.77 bits per heavy atom. The van der Waals surface area contributed by atoms with E-state index in [-0.39, 0.29) is 42.6 Å². The maximum Gasteiger partial charge on any atom is 0.257 e. The van der Waals surface area contributed by atoms with Crippen LogP contribution in [0.4, 0.5) is 5.69 Å². The van der Waals surface area contributed by atoms with Crippen LogP contribution in [-0.4, -0.2) is 61.1 Å². The van der Waals surface area contributed by atoms with E-state index in [1.54, 1.807) is 54.4 Å². The Morgan fingerprint density at radius 2 is 2.00 bits per heavy atom. The fourth-order valence-electron chi connectivity index (χ4n) is 4.48. The van der Waals surface area contributed by atoms with Crippen molar-refractivity contribution in [3.05, 3.63) is 58.6 Å². The number of anilines is 1. The lowest BCUT2D eigenvalue weighted by Crippen LogP contribution is -2.54. The van der Waals surface area contributed by atoms with Crippen molar-refractivity contribution >= 4 is 35.0 Å². The Balaban J connectivity index is 1.47. The summed E-state index contributed by atoms with van der Waals surface area (Å²) in [5, 5.41) is 6.17. The highest BCUT2D eigenvalue weighted by Crippen LogP contribution is 2.32. The summed E-state index contributed by atoms with van der Waals surface area (Å²) in [4.78, 5) is 39.8. The van der Waals surface area contributed by atoms with Crippen molar-refractivity contribution in [3.63, 3.8) is 0 Å². The average molecular weight is 500 g/mol. The van der Waals surface area contributed by atoms with Gasteiger partial charge in [0, 0.05) is 29.9 Å². The molecule has 4 rings (SSSR count). The number of likely N-dealkylation sites (N-methyl/N-ethyl adjacent to an activating group) is 1. The molecule has 0 saturated carbocycles. The second-order valence-corrected chi connectivity index (χ2v) is 9.33. The lowest BCUT2D eigenvalue weighted by Gasteiger charge is -2.42. The van der Waals surface area contributed by atoms with E-state index in [0.717, 1.165) is 6.42 Å².